The van der Waals surface area contributed by atoms with E-state index >= 15 is 0 Å². The first-order valence-corrected chi connectivity index (χ1v) is 12.9. The minimum absolute atomic E-state index is 0.0528. The number of fused-ring (bicyclic) bond motifs is 1. The zero-order valence-corrected chi connectivity index (χ0v) is 21.3. The molecule has 0 aliphatic carbocycles. The Kier molecular flexibility index (Phi) is 7.65. The van der Waals surface area contributed by atoms with Crippen molar-refractivity contribution in [2.24, 2.45) is 5.92 Å². The highest BCUT2D eigenvalue weighted by Gasteiger charge is 2.25. The fraction of sp³-hybridized carbons (Fsp3) is 0.267. The van der Waals surface area contributed by atoms with E-state index < -0.39 is 0 Å². The van der Waals surface area contributed by atoms with Gasteiger partial charge in [0, 0.05) is 50.1 Å². The number of aromatic nitrogens is 3. The molecule has 1 saturated heterocycles. The number of benzene rings is 2. The minimum Gasteiger partial charge on any atom is -0.368 e. The lowest BCUT2D eigenvalue weighted by atomic mass is 9.97. The van der Waals surface area contributed by atoms with Crippen molar-refractivity contribution in [2.75, 3.05) is 31.5 Å². The van der Waals surface area contributed by atoms with Gasteiger partial charge in [0.25, 0.3) is 5.91 Å². The largest absolute Gasteiger partial charge is 0.368 e. The molecule has 8 heteroatoms. The molecule has 8 nitrogen and oxygen atoms in total. The summed E-state index contributed by atoms with van der Waals surface area (Å²) in [6, 6.07) is 21.5. The average Bonchev–Trinajstić information content (AvgIpc) is 3.39. The van der Waals surface area contributed by atoms with Crippen molar-refractivity contribution in [1.29, 1.82) is 0 Å². The van der Waals surface area contributed by atoms with Crippen LogP contribution in [0, 0.1) is 17.8 Å². The van der Waals surface area contributed by atoms with Gasteiger partial charge in [-0.05, 0) is 31.0 Å². The highest BCUT2D eigenvalue weighted by molar-refractivity contribution is 6.00. The van der Waals surface area contributed by atoms with Gasteiger partial charge >= 0.3 is 0 Å². The molecule has 192 valence electrons. The van der Waals surface area contributed by atoms with Crippen LogP contribution < -0.4 is 10.6 Å². The lowest BCUT2D eigenvalue weighted by Gasteiger charge is -2.29. The summed E-state index contributed by atoms with van der Waals surface area (Å²) in [5.74, 6) is 7.93. The van der Waals surface area contributed by atoms with E-state index in [1.54, 1.807) is 0 Å². The number of carbonyl (C=O) groups excluding carboxylic acids is 2. The number of hydrogen-bond acceptors (Lipinski definition) is 5. The Bertz CT molecular complexity index is 1480. The number of nitrogens with zero attached hydrogens (tertiary/aromatic N) is 3. The van der Waals surface area contributed by atoms with Gasteiger partial charge in [-0.2, -0.15) is 0 Å². The van der Waals surface area contributed by atoms with E-state index in [4.69, 9.17) is 9.97 Å². The smallest absolute Gasteiger partial charge is 0.270 e. The molecule has 1 aliphatic heterocycles. The molecule has 2 aromatic carbocycles. The Balaban J connectivity index is 1.33. The van der Waals surface area contributed by atoms with E-state index in [1.165, 1.54) is 6.92 Å². The Morgan fingerprint density at radius 2 is 1.71 bits per heavy atom. The van der Waals surface area contributed by atoms with Crippen molar-refractivity contribution in [2.45, 2.75) is 19.8 Å². The van der Waals surface area contributed by atoms with E-state index in [0.29, 0.717) is 49.2 Å². The quantitative estimate of drug-likeness (QED) is 0.270. The first kappa shape index (κ1) is 25.0. The monoisotopic (exact) mass is 506 g/mol. The molecule has 0 spiro atoms. The van der Waals surface area contributed by atoms with Crippen LogP contribution in [0.1, 0.15) is 35.8 Å². The van der Waals surface area contributed by atoms with Crippen LogP contribution in [0.5, 0.6) is 0 Å². The van der Waals surface area contributed by atoms with Crippen LogP contribution in [0.2, 0.25) is 0 Å². The van der Waals surface area contributed by atoms with Gasteiger partial charge < -0.3 is 20.5 Å². The number of anilines is 1. The maximum Gasteiger partial charge on any atom is 0.270 e. The van der Waals surface area contributed by atoms with E-state index in [-0.39, 0.29) is 17.7 Å². The third kappa shape index (κ3) is 6.01. The van der Waals surface area contributed by atoms with Crippen LogP contribution in [0.25, 0.3) is 22.4 Å². The first-order valence-electron chi connectivity index (χ1n) is 12.9. The zero-order valence-electron chi connectivity index (χ0n) is 21.3. The van der Waals surface area contributed by atoms with E-state index in [1.807, 2.05) is 71.6 Å². The summed E-state index contributed by atoms with van der Waals surface area (Å²) in [5, 5.41) is 6.80. The van der Waals surface area contributed by atoms with Gasteiger partial charge in [0.2, 0.25) is 5.91 Å². The van der Waals surface area contributed by atoms with Crippen molar-refractivity contribution in [1.82, 2.24) is 25.2 Å². The van der Waals surface area contributed by atoms with Crippen molar-refractivity contribution >= 4 is 28.7 Å². The number of nitrogens with one attached hydrogen (secondary N) is 3. The molecule has 0 unspecified atom stereocenters. The summed E-state index contributed by atoms with van der Waals surface area (Å²) in [6.45, 7) is 3.75. The number of amides is 2. The maximum absolute atomic E-state index is 13.4. The molecule has 5 rings (SSSR count). The third-order valence-corrected chi connectivity index (χ3v) is 6.52. The molecule has 0 atom stereocenters. The molecule has 38 heavy (non-hydrogen) atoms. The fourth-order valence-electron chi connectivity index (χ4n) is 4.50. The Hall–Kier alpha value is -4.64. The van der Waals surface area contributed by atoms with Crippen molar-refractivity contribution in [3.63, 3.8) is 0 Å². The molecule has 3 heterocycles. The Labute approximate surface area is 221 Å². The number of likely N-dealkylation sites (tertiary alicyclic amines) is 1. The fourth-order valence-corrected chi connectivity index (χ4v) is 4.50. The van der Waals surface area contributed by atoms with E-state index in [0.717, 1.165) is 29.4 Å². The van der Waals surface area contributed by atoms with Gasteiger partial charge in [0.1, 0.15) is 17.2 Å². The van der Waals surface area contributed by atoms with Crippen LogP contribution in [0.15, 0.2) is 66.7 Å². The molecule has 0 bridgehead atoms. The van der Waals surface area contributed by atoms with E-state index in [9.17, 15) is 9.59 Å². The minimum atomic E-state index is -0.0889. The molecular weight excluding hydrogens is 476 g/mol. The van der Waals surface area contributed by atoms with Gasteiger partial charge in [-0.25, -0.2) is 9.97 Å². The maximum atomic E-state index is 13.4. The number of carbonyl (C=O) groups is 2. The Morgan fingerprint density at radius 3 is 2.42 bits per heavy atom. The summed E-state index contributed by atoms with van der Waals surface area (Å²) < 4.78 is 0. The zero-order chi connectivity index (χ0) is 26.3. The highest BCUT2D eigenvalue weighted by atomic mass is 16.2. The average molecular weight is 507 g/mol. The number of piperidine rings is 1. The molecule has 4 aromatic rings. The second kappa shape index (κ2) is 11.6. The molecule has 2 amide bonds. The second-order valence-corrected chi connectivity index (χ2v) is 9.32. The number of rotatable bonds is 6. The number of aromatic amines is 1. The lowest BCUT2D eigenvalue weighted by molar-refractivity contribution is -0.118. The standard InChI is InChI=1S/C30H30N6O2/c1-21(37)31-16-17-32-28-25-20-26(33-29(25)35-27(34-28)24-10-6-3-7-11-24)30(38)36-18-14-23(15-19-36)13-12-22-8-4-2-5-9-22/h2-11,20,23H,14-19H2,1H3,(H,31,37)(H2,32,33,34,35). The van der Waals surface area contributed by atoms with Crippen LogP contribution in [-0.2, 0) is 4.79 Å². The van der Waals surface area contributed by atoms with Crippen molar-refractivity contribution in [3.05, 3.63) is 78.0 Å². The summed E-state index contributed by atoms with van der Waals surface area (Å²) >= 11 is 0. The summed E-state index contributed by atoms with van der Waals surface area (Å²) in [7, 11) is 0. The SMILES string of the molecule is CC(=O)NCCNc1nc(-c2ccccc2)nc2[nH]c(C(=O)N3CCC(C#Cc4ccccc4)CC3)cc12. The molecule has 0 saturated carbocycles. The molecule has 2 aromatic heterocycles. The summed E-state index contributed by atoms with van der Waals surface area (Å²) in [6.07, 6.45) is 1.69. The van der Waals surface area contributed by atoms with E-state index in [2.05, 4.69) is 27.5 Å². The summed E-state index contributed by atoms with van der Waals surface area (Å²) in [4.78, 5) is 39.2. The number of hydrogen-bond donors (Lipinski definition) is 3. The van der Waals surface area contributed by atoms with Crippen LogP contribution in [0.4, 0.5) is 5.82 Å². The Morgan fingerprint density at radius 1 is 1.00 bits per heavy atom. The molecule has 1 fully saturated rings. The number of H-pyrrole nitrogens is 1. The van der Waals surface area contributed by atoms with Crippen molar-refractivity contribution < 1.29 is 9.59 Å². The predicted molar refractivity (Wildman–Crippen MR) is 148 cm³/mol. The van der Waals surface area contributed by atoms with Gasteiger partial charge in [-0.1, -0.05) is 60.4 Å². The second-order valence-electron chi connectivity index (χ2n) is 9.32. The van der Waals surface area contributed by atoms with Gasteiger partial charge in [-0.15, -0.1) is 0 Å². The van der Waals surface area contributed by atoms with Crippen LogP contribution >= 0.6 is 0 Å². The van der Waals surface area contributed by atoms with Crippen LogP contribution in [-0.4, -0.2) is 57.8 Å². The molecular formula is C30H30N6O2. The molecule has 1 aliphatic rings. The topological polar surface area (TPSA) is 103 Å². The summed E-state index contributed by atoms with van der Waals surface area (Å²) in [5.41, 5.74) is 2.97. The highest BCUT2D eigenvalue weighted by Crippen LogP contribution is 2.27. The van der Waals surface area contributed by atoms with Crippen molar-refractivity contribution in [3.8, 4) is 23.2 Å². The van der Waals surface area contributed by atoms with Gasteiger partial charge in [0.05, 0.1) is 5.39 Å². The lowest BCUT2D eigenvalue weighted by Crippen LogP contribution is -2.38. The van der Waals surface area contributed by atoms with Crippen LogP contribution in [0.3, 0.4) is 0 Å². The molecule has 3 N–H and O–H groups in total. The third-order valence-electron chi connectivity index (χ3n) is 6.52. The predicted octanol–water partition coefficient (Wildman–Crippen LogP) is 4.08. The van der Waals surface area contributed by atoms with Gasteiger partial charge in [-0.3, -0.25) is 9.59 Å². The first-order chi connectivity index (χ1) is 18.6. The normalized spacial score (nSPS) is 13.6. The molecule has 0 radical (unpaired) electrons. The van der Waals surface area contributed by atoms with Gasteiger partial charge in [0.15, 0.2) is 5.82 Å².